The van der Waals surface area contributed by atoms with Crippen LogP contribution in [-0.4, -0.2) is 25.1 Å². The molecule has 1 amide bonds. The van der Waals surface area contributed by atoms with Crippen LogP contribution in [0.1, 0.15) is 41.1 Å². The van der Waals surface area contributed by atoms with Crippen molar-refractivity contribution < 1.29 is 19.1 Å². The summed E-state index contributed by atoms with van der Waals surface area (Å²) >= 11 is 4.86. The van der Waals surface area contributed by atoms with Crippen molar-refractivity contribution in [3.8, 4) is 5.75 Å². The molecule has 1 aliphatic carbocycles. The SMILES string of the molecule is CCOC(=O)c1c(NC(=O)COc2ccccc2Br)sc2c1CC[C@@H](C)C2. The minimum atomic E-state index is -0.369. The van der Waals surface area contributed by atoms with Crippen LogP contribution in [0.25, 0.3) is 0 Å². The Balaban J connectivity index is 1.76. The smallest absolute Gasteiger partial charge is 0.341 e. The lowest BCUT2D eigenvalue weighted by atomic mass is 9.88. The molecule has 0 bridgehead atoms. The van der Waals surface area contributed by atoms with Crippen molar-refractivity contribution in [1.29, 1.82) is 0 Å². The normalized spacial score (nSPS) is 15.7. The van der Waals surface area contributed by atoms with Crippen LogP contribution in [0.15, 0.2) is 28.7 Å². The van der Waals surface area contributed by atoms with Crippen LogP contribution in [-0.2, 0) is 22.4 Å². The molecule has 0 saturated heterocycles. The van der Waals surface area contributed by atoms with E-state index in [2.05, 4.69) is 28.2 Å². The molecule has 1 N–H and O–H groups in total. The van der Waals surface area contributed by atoms with Crippen molar-refractivity contribution in [3.63, 3.8) is 0 Å². The first-order valence-corrected chi connectivity index (χ1v) is 10.6. The molecule has 1 aromatic heterocycles. The van der Waals surface area contributed by atoms with E-state index in [0.29, 0.717) is 28.8 Å². The molecule has 27 heavy (non-hydrogen) atoms. The highest BCUT2D eigenvalue weighted by Crippen LogP contribution is 2.40. The lowest BCUT2D eigenvalue weighted by molar-refractivity contribution is -0.118. The molecule has 3 rings (SSSR count). The van der Waals surface area contributed by atoms with Gasteiger partial charge < -0.3 is 14.8 Å². The van der Waals surface area contributed by atoms with Gasteiger partial charge in [-0.05, 0) is 65.7 Å². The van der Waals surface area contributed by atoms with Gasteiger partial charge in [0.05, 0.1) is 16.6 Å². The molecule has 2 aromatic rings. The molecular formula is C20H22BrNO4S. The third-order valence-electron chi connectivity index (χ3n) is 4.44. The first-order valence-electron chi connectivity index (χ1n) is 8.98. The fraction of sp³-hybridized carbons (Fsp3) is 0.400. The van der Waals surface area contributed by atoms with Crippen LogP contribution < -0.4 is 10.1 Å². The maximum absolute atomic E-state index is 12.5. The van der Waals surface area contributed by atoms with Gasteiger partial charge in [0, 0.05) is 4.88 Å². The van der Waals surface area contributed by atoms with Crippen LogP contribution in [0.5, 0.6) is 5.75 Å². The van der Waals surface area contributed by atoms with Gasteiger partial charge in [0.15, 0.2) is 6.61 Å². The van der Waals surface area contributed by atoms with Crippen molar-refractivity contribution in [1.82, 2.24) is 0 Å². The van der Waals surface area contributed by atoms with E-state index in [-0.39, 0.29) is 18.5 Å². The van der Waals surface area contributed by atoms with Crippen LogP contribution >= 0.6 is 27.3 Å². The average molecular weight is 452 g/mol. The number of ether oxygens (including phenoxy) is 2. The third-order valence-corrected chi connectivity index (χ3v) is 6.26. The maximum atomic E-state index is 12.5. The number of esters is 1. The summed E-state index contributed by atoms with van der Waals surface area (Å²) in [6.07, 6.45) is 2.80. The average Bonchev–Trinajstić information content (AvgIpc) is 2.98. The standard InChI is InChI=1S/C20H22BrNO4S/c1-3-25-20(24)18-13-9-8-12(2)10-16(13)27-19(18)22-17(23)11-26-15-7-5-4-6-14(15)21/h4-7,12H,3,8-11H2,1-2H3,(H,22,23)/t12-/m1/s1. The fourth-order valence-electron chi connectivity index (χ4n) is 3.13. The van der Waals surface area contributed by atoms with Gasteiger partial charge in [-0.1, -0.05) is 19.1 Å². The number of thiophene rings is 1. The number of para-hydroxylation sites is 1. The second kappa shape index (κ2) is 8.89. The van der Waals surface area contributed by atoms with Crippen LogP contribution in [0, 0.1) is 5.92 Å². The fourth-order valence-corrected chi connectivity index (χ4v) is 4.94. The predicted molar refractivity (Wildman–Crippen MR) is 110 cm³/mol. The highest BCUT2D eigenvalue weighted by atomic mass is 79.9. The van der Waals surface area contributed by atoms with E-state index in [0.717, 1.165) is 29.3 Å². The maximum Gasteiger partial charge on any atom is 0.341 e. The number of hydrogen-bond acceptors (Lipinski definition) is 5. The Kier molecular flexibility index (Phi) is 6.55. The van der Waals surface area contributed by atoms with E-state index in [4.69, 9.17) is 9.47 Å². The van der Waals surface area contributed by atoms with E-state index in [1.54, 1.807) is 13.0 Å². The summed E-state index contributed by atoms with van der Waals surface area (Å²) in [5, 5.41) is 3.41. The minimum Gasteiger partial charge on any atom is -0.483 e. The predicted octanol–water partition coefficient (Wildman–Crippen LogP) is 4.83. The van der Waals surface area contributed by atoms with Gasteiger partial charge in [-0.3, -0.25) is 4.79 Å². The monoisotopic (exact) mass is 451 g/mol. The minimum absolute atomic E-state index is 0.135. The number of amides is 1. The molecule has 0 spiro atoms. The van der Waals surface area contributed by atoms with Crippen molar-refractivity contribution in [3.05, 3.63) is 44.7 Å². The lowest BCUT2D eigenvalue weighted by Crippen LogP contribution is -2.21. The highest BCUT2D eigenvalue weighted by molar-refractivity contribution is 9.10. The summed E-state index contributed by atoms with van der Waals surface area (Å²) in [5.74, 6) is 0.501. The van der Waals surface area contributed by atoms with E-state index in [1.165, 1.54) is 16.2 Å². The Bertz CT molecular complexity index is 849. The largest absolute Gasteiger partial charge is 0.483 e. The molecule has 0 unspecified atom stereocenters. The molecule has 0 saturated carbocycles. The van der Waals surface area contributed by atoms with Gasteiger partial charge in [-0.25, -0.2) is 4.79 Å². The van der Waals surface area contributed by atoms with Gasteiger partial charge in [0.1, 0.15) is 10.8 Å². The number of nitrogens with one attached hydrogen (secondary N) is 1. The number of carbonyl (C=O) groups is 2. The number of rotatable bonds is 6. The molecule has 0 radical (unpaired) electrons. The van der Waals surface area contributed by atoms with E-state index < -0.39 is 0 Å². The highest BCUT2D eigenvalue weighted by Gasteiger charge is 2.29. The Hall–Kier alpha value is -1.86. The number of anilines is 1. The summed E-state index contributed by atoms with van der Waals surface area (Å²) in [6, 6.07) is 7.35. The zero-order chi connectivity index (χ0) is 19.4. The molecule has 5 nitrogen and oxygen atoms in total. The summed E-state index contributed by atoms with van der Waals surface area (Å²) < 4.78 is 11.6. The molecule has 144 valence electrons. The molecule has 7 heteroatoms. The summed E-state index contributed by atoms with van der Waals surface area (Å²) in [7, 11) is 0. The van der Waals surface area contributed by atoms with Gasteiger partial charge in [0.25, 0.3) is 5.91 Å². The van der Waals surface area contributed by atoms with Crippen molar-refractivity contribution in [2.24, 2.45) is 5.92 Å². The molecule has 1 aliphatic rings. The number of benzene rings is 1. The number of fused-ring (bicyclic) bond motifs is 1. The van der Waals surface area contributed by atoms with Crippen LogP contribution in [0.4, 0.5) is 5.00 Å². The quantitative estimate of drug-likeness (QED) is 0.638. The Morgan fingerprint density at radius 2 is 2.11 bits per heavy atom. The zero-order valence-corrected chi connectivity index (χ0v) is 17.7. The first kappa shape index (κ1) is 19.9. The molecule has 0 aliphatic heterocycles. The molecule has 1 aromatic carbocycles. The molecular weight excluding hydrogens is 430 g/mol. The summed E-state index contributed by atoms with van der Waals surface area (Å²) in [5.41, 5.74) is 1.54. The van der Waals surface area contributed by atoms with Crippen LogP contribution in [0.3, 0.4) is 0 Å². The third kappa shape index (κ3) is 4.71. The van der Waals surface area contributed by atoms with E-state index >= 15 is 0 Å². The Morgan fingerprint density at radius 3 is 2.85 bits per heavy atom. The van der Waals surface area contributed by atoms with E-state index in [9.17, 15) is 9.59 Å². The van der Waals surface area contributed by atoms with Gasteiger partial charge in [0.2, 0.25) is 0 Å². The number of carbonyl (C=O) groups excluding carboxylic acids is 2. The van der Waals surface area contributed by atoms with Crippen molar-refractivity contribution >= 4 is 44.1 Å². The number of hydrogen-bond donors (Lipinski definition) is 1. The summed E-state index contributed by atoms with van der Waals surface area (Å²) in [6.45, 7) is 4.15. The molecule has 1 heterocycles. The summed E-state index contributed by atoms with van der Waals surface area (Å²) in [4.78, 5) is 26.1. The Labute approximate surface area is 171 Å². The van der Waals surface area contributed by atoms with Gasteiger partial charge >= 0.3 is 5.97 Å². The van der Waals surface area contributed by atoms with Crippen molar-refractivity contribution in [2.75, 3.05) is 18.5 Å². The molecule has 0 fully saturated rings. The zero-order valence-electron chi connectivity index (χ0n) is 15.3. The topological polar surface area (TPSA) is 64.6 Å². The van der Waals surface area contributed by atoms with E-state index in [1.807, 2.05) is 18.2 Å². The number of halogens is 1. The molecule has 1 atom stereocenters. The Morgan fingerprint density at radius 1 is 1.33 bits per heavy atom. The van der Waals surface area contributed by atoms with Crippen LogP contribution in [0.2, 0.25) is 0 Å². The van der Waals surface area contributed by atoms with Gasteiger partial charge in [-0.2, -0.15) is 0 Å². The van der Waals surface area contributed by atoms with Gasteiger partial charge in [-0.15, -0.1) is 11.3 Å². The lowest BCUT2D eigenvalue weighted by Gasteiger charge is -2.18. The first-order chi connectivity index (χ1) is 13.0. The van der Waals surface area contributed by atoms with Crippen molar-refractivity contribution in [2.45, 2.75) is 33.1 Å². The second-order valence-electron chi connectivity index (χ2n) is 6.54. The second-order valence-corrected chi connectivity index (χ2v) is 8.50.